The molecule has 0 spiro atoms. The number of nitrogens with two attached hydrogens (primary N) is 1. The zero-order chi connectivity index (χ0) is 17.0. The Morgan fingerprint density at radius 3 is 2.40 bits per heavy atom. The van der Waals surface area contributed by atoms with Gasteiger partial charge in [0.1, 0.15) is 0 Å². The van der Waals surface area contributed by atoms with E-state index in [9.17, 15) is 4.79 Å². The van der Waals surface area contributed by atoms with Crippen molar-refractivity contribution in [1.29, 1.82) is 0 Å². The average molecular weight is 334 g/mol. The van der Waals surface area contributed by atoms with E-state index in [4.69, 9.17) is 15.7 Å². The van der Waals surface area contributed by atoms with Crippen LogP contribution in [0, 0.1) is 0 Å². The number of carbonyl (C=O) groups is 1. The number of anilines is 1. The molecule has 0 radical (unpaired) electrons. The van der Waals surface area contributed by atoms with Gasteiger partial charge in [-0.3, -0.25) is 4.79 Å². The number of amides is 1. The lowest BCUT2D eigenvalue weighted by Crippen LogP contribution is -2.38. The summed E-state index contributed by atoms with van der Waals surface area (Å²) < 4.78 is 0. The Morgan fingerprint density at radius 2 is 1.80 bits per heavy atom. The van der Waals surface area contributed by atoms with Gasteiger partial charge < -0.3 is 10.6 Å². The van der Waals surface area contributed by atoms with E-state index in [1.807, 2.05) is 0 Å². The van der Waals surface area contributed by atoms with E-state index in [0.29, 0.717) is 0 Å². The largest absolute Gasteiger partial charge is 0.369 e. The minimum atomic E-state index is -0.422. The number of aryl methyl sites for hydroxylation is 1. The van der Waals surface area contributed by atoms with Crippen LogP contribution in [0.2, 0.25) is 0 Å². The SMILES string of the molecule is NC(=O)C1(c2ccc(-c3nc(N4CCC4)nc4c3CCC4)cc2)CC1. The van der Waals surface area contributed by atoms with Crippen LogP contribution in [0.5, 0.6) is 0 Å². The fraction of sp³-hybridized carbons (Fsp3) is 0.450. The molecular weight excluding hydrogens is 312 g/mol. The molecule has 25 heavy (non-hydrogen) atoms. The third-order valence-corrected chi connectivity index (χ3v) is 5.99. The summed E-state index contributed by atoms with van der Waals surface area (Å²) in [4.78, 5) is 23.7. The molecule has 1 amide bonds. The van der Waals surface area contributed by atoms with Crippen molar-refractivity contribution in [2.45, 2.75) is 43.9 Å². The Bertz CT molecular complexity index is 851. The van der Waals surface area contributed by atoms with Crippen LogP contribution in [0.1, 0.15) is 42.5 Å². The average Bonchev–Trinajstić information content (AvgIpc) is 3.25. The number of hydrogen-bond acceptors (Lipinski definition) is 4. The highest BCUT2D eigenvalue weighted by Crippen LogP contribution is 2.48. The fourth-order valence-electron chi connectivity index (χ4n) is 4.07. The molecule has 1 saturated heterocycles. The van der Waals surface area contributed by atoms with Gasteiger partial charge in [0.15, 0.2) is 0 Å². The molecule has 1 aliphatic heterocycles. The highest BCUT2D eigenvalue weighted by molar-refractivity contribution is 5.90. The molecule has 5 rings (SSSR count). The molecule has 3 aliphatic rings. The zero-order valence-electron chi connectivity index (χ0n) is 14.3. The number of nitrogens with zero attached hydrogens (tertiary/aromatic N) is 3. The fourth-order valence-corrected chi connectivity index (χ4v) is 4.07. The molecule has 5 nitrogen and oxygen atoms in total. The summed E-state index contributed by atoms with van der Waals surface area (Å²) in [6.07, 6.45) is 6.21. The van der Waals surface area contributed by atoms with Crippen LogP contribution in [0.15, 0.2) is 24.3 Å². The van der Waals surface area contributed by atoms with E-state index in [2.05, 4.69) is 29.2 Å². The molecule has 2 heterocycles. The summed E-state index contributed by atoms with van der Waals surface area (Å²) in [5, 5.41) is 0. The number of carbonyl (C=O) groups excluding carboxylic acids is 1. The highest BCUT2D eigenvalue weighted by atomic mass is 16.1. The lowest BCUT2D eigenvalue weighted by atomic mass is 9.93. The van der Waals surface area contributed by atoms with Crippen molar-refractivity contribution < 1.29 is 4.79 Å². The maximum Gasteiger partial charge on any atom is 0.228 e. The molecule has 2 aromatic rings. The van der Waals surface area contributed by atoms with Gasteiger partial charge in [0.2, 0.25) is 11.9 Å². The molecule has 0 bridgehead atoms. The van der Waals surface area contributed by atoms with Crippen LogP contribution in [-0.2, 0) is 23.1 Å². The Kier molecular flexibility index (Phi) is 3.14. The van der Waals surface area contributed by atoms with Gasteiger partial charge in [-0.25, -0.2) is 9.97 Å². The van der Waals surface area contributed by atoms with Gasteiger partial charge in [-0.15, -0.1) is 0 Å². The number of rotatable bonds is 4. The van der Waals surface area contributed by atoms with Gasteiger partial charge in [0, 0.05) is 29.9 Å². The highest BCUT2D eigenvalue weighted by Gasteiger charge is 2.49. The summed E-state index contributed by atoms with van der Waals surface area (Å²) in [5.41, 5.74) is 10.9. The number of benzene rings is 1. The molecule has 128 valence electrons. The van der Waals surface area contributed by atoms with Crippen molar-refractivity contribution in [3.05, 3.63) is 41.1 Å². The van der Waals surface area contributed by atoms with Crippen LogP contribution in [0.25, 0.3) is 11.3 Å². The first-order valence-corrected chi connectivity index (χ1v) is 9.23. The Hall–Kier alpha value is -2.43. The van der Waals surface area contributed by atoms with E-state index < -0.39 is 5.41 Å². The number of primary amides is 1. The first-order valence-electron chi connectivity index (χ1n) is 9.23. The lowest BCUT2D eigenvalue weighted by molar-refractivity contribution is -0.120. The lowest BCUT2D eigenvalue weighted by Gasteiger charge is -2.31. The number of hydrogen-bond donors (Lipinski definition) is 1. The van der Waals surface area contributed by atoms with Crippen LogP contribution in [0.4, 0.5) is 5.95 Å². The summed E-state index contributed by atoms with van der Waals surface area (Å²) >= 11 is 0. The third kappa shape index (κ3) is 2.25. The zero-order valence-corrected chi connectivity index (χ0v) is 14.3. The summed E-state index contributed by atoms with van der Waals surface area (Å²) in [6.45, 7) is 2.11. The Balaban J connectivity index is 1.54. The quantitative estimate of drug-likeness (QED) is 0.932. The summed E-state index contributed by atoms with van der Waals surface area (Å²) in [6, 6.07) is 8.30. The molecule has 0 unspecified atom stereocenters. The van der Waals surface area contributed by atoms with E-state index in [1.54, 1.807) is 0 Å². The predicted molar refractivity (Wildman–Crippen MR) is 96.4 cm³/mol. The number of aromatic nitrogens is 2. The Labute approximate surface area is 147 Å². The van der Waals surface area contributed by atoms with Gasteiger partial charge in [-0.05, 0) is 44.1 Å². The molecule has 0 atom stereocenters. The van der Waals surface area contributed by atoms with Crippen LogP contribution < -0.4 is 10.6 Å². The second-order valence-corrected chi connectivity index (χ2v) is 7.52. The molecule has 2 aliphatic carbocycles. The second kappa shape index (κ2) is 5.28. The van der Waals surface area contributed by atoms with Crippen LogP contribution in [0.3, 0.4) is 0 Å². The van der Waals surface area contributed by atoms with Gasteiger partial charge in [0.05, 0.1) is 11.1 Å². The van der Waals surface area contributed by atoms with Crippen molar-refractivity contribution in [3.63, 3.8) is 0 Å². The first-order chi connectivity index (χ1) is 12.2. The summed E-state index contributed by atoms with van der Waals surface area (Å²) in [5.74, 6) is 0.671. The van der Waals surface area contributed by atoms with E-state index in [1.165, 1.54) is 17.7 Å². The molecule has 2 N–H and O–H groups in total. The molecule has 1 saturated carbocycles. The first kappa shape index (κ1) is 14.9. The van der Waals surface area contributed by atoms with Crippen molar-refractivity contribution in [3.8, 4) is 11.3 Å². The second-order valence-electron chi connectivity index (χ2n) is 7.52. The van der Waals surface area contributed by atoms with Gasteiger partial charge in [0.25, 0.3) is 0 Å². The van der Waals surface area contributed by atoms with E-state index >= 15 is 0 Å². The smallest absolute Gasteiger partial charge is 0.228 e. The topological polar surface area (TPSA) is 72.1 Å². The molecule has 2 fully saturated rings. The minimum Gasteiger partial charge on any atom is -0.369 e. The molecule has 1 aromatic carbocycles. The monoisotopic (exact) mass is 334 g/mol. The molecule has 5 heteroatoms. The van der Waals surface area contributed by atoms with Crippen LogP contribution in [-0.4, -0.2) is 29.0 Å². The van der Waals surface area contributed by atoms with Crippen molar-refractivity contribution >= 4 is 11.9 Å². The molecular formula is C20H22N4O. The van der Waals surface area contributed by atoms with Crippen LogP contribution >= 0.6 is 0 Å². The number of fused-ring (bicyclic) bond motifs is 1. The minimum absolute atomic E-state index is 0.205. The van der Waals surface area contributed by atoms with E-state index in [-0.39, 0.29) is 5.91 Å². The predicted octanol–water partition coefficient (Wildman–Crippen LogP) is 2.36. The van der Waals surface area contributed by atoms with E-state index in [0.717, 1.165) is 68.0 Å². The Morgan fingerprint density at radius 1 is 1.04 bits per heavy atom. The van der Waals surface area contributed by atoms with Crippen molar-refractivity contribution in [1.82, 2.24) is 9.97 Å². The normalized spacial score (nSPS) is 20.1. The standard InChI is InChI=1S/C20H22N4O/c21-18(25)20(9-10-20)14-7-5-13(6-8-14)17-15-3-1-4-16(15)22-19(23-17)24-11-2-12-24/h5-8H,1-4,9-12H2,(H2,21,25). The van der Waals surface area contributed by atoms with Gasteiger partial charge in [-0.1, -0.05) is 24.3 Å². The van der Waals surface area contributed by atoms with Gasteiger partial charge >= 0.3 is 0 Å². The van der Waals surface area contributed by atoms with Crippen molar-refractivity contribution in [2.24, 2.45) is 5.73 Å². The van der Waals surface area contributed by atoms with Gasteiger partial charge in [-0.2, -0.15) is 0 Å². The van der Waals surface area contributed by atoms with Crippen molar-refractivity contribution in [2.75, 3.05) is 18.0 Å². The maximum atomic E-state index is 11.7. The maximum absolute atomic E-state index is 11.7. The summed E-state index contributed by atoms with van der Waals surface area (Å²) in [7, 11) is 0. The third-order valence-electron chi connectivity index (χ3n) is 5.99. The molecule has 1 aromatic heterocycles.